The number of thiazole rings is 1. The van der Waals surface area contributed by atoms with Crippen molar-refractivity contribution in [1.82, 2.24) is 20.3 Å². The number of rotatable bonds is 4. The van der Waals surface area contributed by atoms with Gasteiger partial charge in [-0.2, -0.15) is 0 Å². The van der Waals surface area contributed by atoms with E-state index in [1.54, 1.807) is 12.3 Å². The van der Waals surface area contributed by atoms with Gasteiger partial charge in [-0.25, -0.2) is 4.98 Å². The molecule has 3 N–H and O–H groups in total. The average Bonchev–Trinajstić information content (AvgIpc) is 2.98. The number of nitrogens with one attached hydrogen (secondary N) is 1. The second-order valence-corrected chi connectivity index (χ2v) is 6.16. The van der Waals surface area contributed by atoms with E-state index in [4.69, 9.17) is 5.11 Å². The van der Waals surface area contributed by atoms with E-state index in [-0.39, 0.29) is 16.8 Å². The van der Waals surface area contributed by atoms with E-state index >= 15 is 0 Å². The van der Waals surface area contributed by atoms with Gasteiger partial charge >= 0.3 is 5.97 Å². The predicted octanol–water partition coefficient (Wildman–Crippen LogP) is 1.58. The maximum atomic E-state index is 12.4. The van der Waals surface area contributed by atoms with Crippen LogP contribution in [-0.4, -0.2) is 43.6 Å². The Balaban J connectivity index is 2.20. The molecule has 0 bridgehead atoms. The van der Waals surface area contributed by atoms with Crippen LogP contribution in [0.1, 0.15) is 15.2 Å². The van der Waals surface area contributed by atoms with Crippen molar-refractivity contribution in [3.63, 3.8) is 0 Å². The number of aromatic nitrogens is 3. The van der Waals surface area contributed by atoms with E-state index < -0.39 is 18.4 Å². The number of nitrogens with zero attached hydrogens (tertiary/aromatic N) is 3. The Morgan fingerprint density at radius 2 is 2.00 bits per heavy atom. The van der Waals surface area contributed by atoms with Crippen LogP contribution in [0, 0.1) is 6.92 Å². The van der Waals surface area contributed by atoms with Gasteiger partial charge in [0.25, 0.3) is 5.91 Å². The summed E-state index contributed by atoms with van der Waals surface area (Å²) in [6.07, 6.45) is 4.52. The quantitative estimate of drug-likeness (QED) is 0.656. The van der Waals surface area contributed by atoms with Crippen molar-refractivity contribution in [3.8, 4) is 16.3 Å². The van der Waals surface area contributed by atoms with Crippen LogP contribution in [0.2, 0.25) is 0 Å². The van der Waals surface area contributed by atoms with Crippen LogP contribution in [0.15, 0.2) is 24.7 Å². The second kappa shape index (κ2) is 6.20. The van der Waals surface area contributed by atoms with Gasteiger partial charge in [-0.05, 0) is 13.0 Å². The van der Waals surface area contributed by atoms with Crippen LogP contribution in [-0.2, 0) is 4.79 Å². The van der Waals surface area contributed by atoms with Crippen molar-refractivity contribution in [2.24, 2.45) is 0 Å². The average molecular weight is 344 g/mol. The third kappa shape index (κ3) is 2.88. The second-order valence-electron chi connectivity index (χ2n) is 4.92. The molecule has 0 saturated carbocycles. The fourth-order valence-corrected chi connectivity index (χ4v) is 2.98. The Hall–Kier alpha value is -3.07. The lowest BCUT2D eigenvalue weighted by Gasteiger charge is -2.11. The first kappa shape index (κ1) is 15.8. The Bertz CT molecular complexity index is 954. The molecule has 0 fully saturated rings. The zero-order chi connectivity index (χ0) is 17.3. The number of phenolic OH excluding ortho intramolecular Hbond substituents is 1. The standard InChI is InChI=1S/C15H12N4O4S/c1-7-5-19-15(24-7)8-4-9-12(17-3-2-16-9)11(13(8)22)14(23)18-6-10(20)21/h2-5,22H,6H2,1H3,(H,18,23)(H,20,21). The van der Waals surface area contributed by atoms with Crippen molar-refractivity contribution >= 4 is 34.2 Å². The number of carboxylic acid groups (broad SMARTS) is 1. The predicted molar refractivity (Wildman–Crippen MR) is 87.0 cm³/mol. The molecule has 3 rings (SSSR count). The van der Waals surface area contributed by atoms with E-state index in [0.29, 0.717) is 16.1 Å². The van der Waals surface area contributed by atoms with E-state index in [9.17, 15) is 14.7 Å². The molecule has 0 radical (unpaired) electrons. The zero-order valence-corrected chi connectivity index (χ0v) is 13.3. The number of phenols is 1. The lowest BCUT2D eigenvalue weighted by atomic mass is 10.1. The first-order valence-electron chi connectivity index (χ1n) is 6.87. The molecule has 2 aromatic heterocycles. The molecule has 0 aliphatic heterocycles. The Morgan fingerprint density at radius 3 is 2.67 bits per heavy atom. The molecule has 2 heterocycles. The molecule has 3 aromatic rings. The Morgan fingerprint density at radius 1 is 1.25 bits per heavy atom. The molecule has 0 atom stereocenters. The highest BCUT2D eigenvalue weighted by Gasteiger charge is 2.23. The first-order valence-corrected chi connectivity index (χ1v) is 7.68. The molecule has 0 aliphatic rings. The third-order valence-electron chi connectivity index (χ3n) is 3.22. The van der Waals surface area contributed by atoms with Crippen LogP contribution in [0.4, 0.5) is 0 Å². The molecule has 24 heavy (non-hydrogen) atoms. The zero-order valence-electron chi connectivity index (χ0n) is 12.5. The number of hydrogen-bond donors (Lipinski definition) is 3. The number of carbonyl (C=O) groups is 2. The number of amides is 1. The summed E-state index contributed by atoms with van der Waals surface area (Å²) in [6.45, 7) is 1.31. The minimum Gasteiger partial charge on any atom is -0.506 e. The van der Waals surface area contributed by atoms with Crippen molar-refractivity contribution in [3.05, 3.63) is 35.1 Å². The SMILES string of the molecule is Cc1cnc(-c2cc3nccnc3c(C(=O)NCC(=O)O)c2O)s1. The Labute approximate surface area is 139 Å². The van der Waals surface area contributed by atoms with Crippen LogP contribution >= 0.6 is 11.3 Å². The van der Waals surface area contributed by atoms with E-state index in [2.05, 4.69) is 20.3 Å². The van der Waals surface area contributed by atoms with Crippen molar-refractivity contribution < 1.29 is 19.8 Å². The van der Waals surface area contributed by atoms with Gasteiger partial charge in [0, 0.05) is 23.5 Å². The lowest BCUT2D eigenvalue weighted by molar-refractivity contribution is -0.135. The fourth-order valence-electron chi connectivity index (χ4n) is 2.20. The number of aromatic hydroxyl groups is 1. The molecule has 0 spiro atoms. The molecule has 9 heteroatoms. The van der Waals surface area contributed by atoms with Gasteiger partial charge < -0.3 is 15.5 Å². The smallest absolute Gasteiger partial charge is 0.322 e. The topological polar surface area (TPSA) is 125 Å². The number of hydrogen-bond acceptors (Lipinski definition) is 7. The van der Waals surface area contributed by atoms with Gasteiger partial charge in [-0.15, -0.1) is 11.3 Å². The van der Waals surface area contributed by atoms with Crippen LogP contribution in [0.3, 0.4) is 0 Å². The third-order valence-corrected chi connectivity index (χ3v) is 4.16. The van der Waals surface area contributed by atoms with Crippen molar-refractivity contribution in [1.29, 1.82) is 0 Å². The number of benzene rings is 1. The highest BCUT2D eigenvalue weighted by molar-refractivity contribution is 7.15. The highest BCUT2D eigenvalue weighted by Crippen LogP contribution is 2.38. The van der Waals surface area contributed by atoms with Gasteiger partial charge in [-0.3, -0.25) is 19.6 Å². The summed E-state index contributed by atoms with van der Waals surface area (Å²) in [5.74, 6) is -2.24. The number of carboxylic acids is 1. The van der Waals surface area contributed by atoms with Gasteiger partial charge in [-0.1, -0.05) is 0 Å². The summed E-state index contributed by atoms with van der Waals surface area (Å²) in [7, 11) is 0. The molecule has 1 amide bonds. The number of aliphatic carboxylic acids is 1. The maximum Gasteiger partial charge on any atom is 0.322 e. The number of fused-ring (bicyclic) bond motifs is 1. The summed E-state index contributed by atoms with van der Waals surface area (Å²) in [6, 6.07) is 1.60. The molecule has 0 aliphatic carbocycles. The summed E-state index contributed by atoms with van der Waals surface area (Å²) >= 11 is 1.36. The largest absolute Gasteiger partial charge is 0.506 e. The normalized spacial score (nSPS) is 10.7. The summed E-state index contributed by atoms with van der Waals surface area (Å²) in [4.78, 5) is 36.4. The van der Waals surface area contributed by atoms with Crippen molar-refractivity contribution in [2.45, 2.75) is 6.92 Å². The highest BCUT2D eigenvalue weighted by atomic mass is 32.1. The summed E-state index contributed by atoms with van der Waals surface area (Å²) in [5, 5.41) is 22.1. The minimum absolute atomic E-state index is 0.121. The molecular formula is C15H12N4O4S. The molecule has 8 nitrogen and oxygen atoms in total. The van der Waals surface area contributed by atoms with Crippen LogP contribution in [0.25, 0.3) is 21.6 Å². The molecular weight excluding hydrogens is 332 g/mol. The maximum absolute atomic E-state index is 12.4. The Kier molecular flexibility index (Phi) is 4.09. The summed E-state index contributed by atoms with van der Waals surface area (Å²) < 4.78 is 0. The number of carbonyl (C=O) groups excluding carboxylic acids is 1. The van der Waals surface area contributed by atoms with Gasteiger partial charge in [0.2, 0.25) is 0 Å². The summed E-state index contributed by atoms with van der Waals surface area (Å²) in [5.41, 5.74) is 0.819. The van der Waals surface area contributed by atoms with Crippen molar-refractivity contribution in [2.75, 3.05) is 6.54 Å². The molecule has 122 valence electrons. The van der Waals surface area contributed by atoms with Crippen LogP contribution < -0.4 is 5.32 Å². The molecule has 0 saturated heterocycles. The monoisotopic (exact) mass is 344 g/mol. The van der Waals surface area contributed by atoms with Gasteiger partial charge in [0.15, 0.2) is 0 Å². The van der Waals surface area contributed by atoms with E-state index in [1.165, 1.54) is 23.7 Å². The van der Waals surface area contributed by atoms with Gasteiger partial charge in [0.1, 0.15) is 28.4 Å². The minimum atomic E-state index is -1.19. The van der Waals surface area contributed by atoms with E-state index in [1.807, 2.05) is 6.92 Å². The van der Waals surface area contributed by atoms with Gasteiger partial charge in [0.05, 0.1) is 11.1 Å². The fraction of sp³-hybridized carbons (Fsp3) is 0.133. The van der Waals surface area contributed by atoms with Crippen LogP contribution in [0.5, 0.6) is 5.75 Å². The lowest BCUT2D eigenvalue weighted by Crippen LogP contribution is -2.29. The molecule has 0 unspecified atom stereocenters. The molecule has 1 aromatic carbocycles. The number of aryl methyl sites for hydroxylation is 1. The first-order chi connectivity index (χ1) is 11.5. The van der Waals surface area contributed by atoms with E-state index in [0.717, 1.165) is 4.88 Å².